The van der Waals surface area contributed by atoms with Gasteiger partial charge in [-0.05, 0) is 13.0 Å². The van der Waals surface area contributed by atoms with Crippen molar-refractivity contribution in [1.29, 1.82) is 0 Å². The number of rotatable bonds is 4. The summed E-state index contributed by atoms with van der Waals surface area (Å²) < 4.78 is 0. The number of hydrogen-bond acceptors (Lipinski definition) is 4. The highest BCUT2D eigenvalue weighted by molar-refractivity contribution is 6.33. The molecule has 0 saturated heterocycles. The van der Waals surface area contributed by atoms with Crippen LogP contribution in [-0.2, 0) is 0 Å². The normalized spacial score (nSPS) is 12.2. The molecule has 15 heavy (non-hydrogen) atoms. The smallest absolute Gasteiger partial charge is 0.271 e. The molecule has 0 bridgehead atoms. The molecule has 3 N–H and O–H groups in total. The van der Waals surface area contributed by atoms with Crippen LogP contribution in [0.15, 0.2) is 18.2 Å². The Labute approximate surface area is 92.4 Å². The van der Waals surface area contributed by atoms with Crippen molar-refractivity contribution in [2.24, 2.45) is 5.73 Å². The second-order valence-electron chi connectivity index (χ2n) is 3.20. The standard InChI is InChI=1S/C9H12ClN3O2/c1-6(5-11)12-9-4-7(13(14)15)2-3-8(9)10/h2-4,6,12H,5,11H2,1H3. The number of nitro benzene ring substituents is 1. The Morgan fingerprint density at radius 1 is 1.67 bits per heavy atom. The van der Waals surface area contributed by atoms with Gasteiger partial charge in [-0.15, -0.1) is 0 Å². The van der Waals surface area contributed by atoms with Crippen LogP contribution in [-0.4, -0.2) is 17.5 Å². The van der Waals surface area contributed by atoms with Crippen molar-refractivity contribution in [3.63, 3.8) is 0 Å². The Morgan fingerprint density at radius 3 is 2.87 bits per heavy atom. The highest BCUT2D eigenvalue weighted by Crippen LogP contribution is 2.26. The molecule has 1 aromatic rings. The van der Waals surface area contributed by atoms with Crippen LogP contribution in [0.3, 0.4) is 0 Å². The second-order valence-corrected chi connectivity index (χ2v) is 3.61. The number of non-ortho nitro benzene ring substituents is 1. The van der Waals surface area contributed by atoms with E-state index in [9.17, 15) is 10.1 Å². The van der Waals surface area contributed by atoms with Gasteiger partial charge in [0, 0.05) is 24.7 Å². The summed E-state index contributed by atoms with van der Waals surface area (Å²) in [6.45, 7) is 2.30. The molecule has 0 amide bonds. The molecular formula is C9H12ClN3O2. The Bertz CT molecular complexity index is 370. The summed E-state index contributed by atoms with van der Waals surface area (Å²) >= 11 is 5.88. The van der Waals surface area contributed by atoms with Crippen molar-refractivity contribution in [2.75, 3.05) is 11.9 Å². The first-order chi connectivity index (χ1) is 7.04. The highest BCUT2D eigenvalue weighted by Gasteiger charge is 2.10. The zero-order valence-electron chi connectivity index (χ0n) is 8.24. The summed E-state index contributed by atoms with van der Waals surface area (Å²) in [7, 11) is 0. The van der Waals surface area contributed by atoms with E-state index < -0.39 is 4.92 Å². The molecule has 82 valence electrons. The van der Waals surface area contributed by atoms with Gasteiger partial charge in [-0.1, -0.05) is 11.6 Å². The zero-order chi connectivity index (χ0) is 11.4. The number of nitrogens with two attached hydrogens (primary N) is 1. The van der Waals surface area contributed by atoms with E-state index in [0.29, 0.717) is 17.3 Å². The third-order valence-corrected chi connectivity index (χ3v) is 2.25. The number of hydrogen-bond donors (Lipinski definition) is 2. The summed E-state index contributed by atoms with van der Waals surface area (Å²) in [5, 5.41) is 14.0. The number of anilines is 1. The lowest BCUT2D eigenvalue weighted by atomic mass is 10.2. The van der Waals surface area contributed by atoms with Crippen LogP contribution in [0.5, 0.6) is 0 Å². The number of halogens is 1. The summed E-state index contributed by atoms with van der Waals surface area (Å²) in [4.78, 5) is 10.1. The van der Waals surface area contributed by atoms with Crippen molar-refractivity contribution in [3.8, 4) is 0 Å². The Kier molecular flexibility index (Phi) is 3.88. The number of nitro groups is 1. The fourth-order valence-corrected chi connectivity index (χ4v) is 1.23. The van der Waals surface area contributed by atoms with Crippen molar-refractivity contribution >= 4 is 23.0 Å². The van der Waals surface area contributed by atoms with E-state index in [-0.39, 0.29) is 11.7 Å². The molecule has 0 aliphatic rings. The lowest BCUT2D eigenvalue weighted by Gasteiger charge is -2.13. The van der Waals surface area contributed by atoms with Crippen LogP contribution in [0.4, 0.5) is 11.4 Å². The van der Waals surface area contributed by atoms with Crippen molar-refractivity contribution in [2.45, 2.75) is 13.0 Å². The molecular weight excluding hydrogens is 218 g/mol. The fraction of sp³-hybridized carbons (Fsp3) is 0.333. The second kappa shape index (κ2) is 4.95. The quantitative estimate of drug-likeness (QED) is 0.611. The average molecular weight is 230 g/mol. The number of nitrogens with one attached hydrogen (secondary N) is 1. The van der Waals surface area contributed by atoms with E-state index in [2.05, 4.69) is 5.32 Å². The van der Waals surface area contributed by atoms with Gasteiger partial charge in [0.25, 0.3) is 5.69 Å². The van der Waals surface area contributed by atoms with E-state index in [1.807, 2.05) is 6.92 Å². The minimum Gasteiger partial charge on any atom is -0.380 e. The molecule has 0 aromatic heterocycles. The van der Waals surface area contributed by atoms with Gasteiger partial charge in [0.2, 0.25) is 0 Å². The summed E-state index contributed by atoms with van der Waals surface area (Å²) in [5.41, 5.74) is 5.97. The third kappa shape index (κ3) is 3.07. The van der Waals surface area contributed by atoms with Crippen molar-refractivity contribution in [1.82, 2.24) is 0 Å². The SMILES string of the molecule is CC(CN)Nc1cc([N+](=O)[O-])ccc1Cl. The van der Waals surface area contributed by atoms with Crippen LogP contribution in [0, 0.1) is 10.1 Å². The van der Waals surface area contributed by atoms with Crippen molar-refractivity contribution in [3.05, 3.63) is 33.3 Å². The molecule has 0 fully saturated rings. The van der Waals surface area contributed by atoms with Crippen LogP contribution >= 0.6 is 11.6 Å². The summed E-state index contributed by atoms with van der Waals surface area (Å²) in [5.74, 6) is 0. The first-order valence-corrected chi connectivity index (χ1v) is 4.83. The van der Waals surface area contributed by atoms with Gasteiger partial charge >= 0.3 is 0 Å². The maximum absolute atomic E-state index is 10.5. The molecule has 0 aliphatic heterocycles. The first-order valence-electron chi connectivity index (χ1n) is 4.45. The van der Waals surface area contributed by atoms with E-state index in [4.69, 9.17) is 17.3 Å². The van der Waals surface area contributed by atoms with Gasteiger partial charge in [-0.3, -0.25) is 10.1 Å². The van der Waals surface area contributed by atoms with Crippen LogP contribution < -0.4 is 11.1 Å². The van der Waals surface area contributed by atoms with Gasteiger partial charge in [0.05, 0.1) is 15.6 Å². The lowest BCUT2D eigenvalue weighted by Crippen LogP contribution is -2.25. The summed E-state index contributed by atoms with van der Waals surface area (Å²) in [6.07, 6.45) is 0. The molecule has 0 aliphatic carbocycles. The van der Waals surface area contributed by atoms with E-state index in [1.54, 1.807) is 0 Å². The van der Waals surface area contributed by atoms with Crippen LogP contribution in [0.2, 0.25) is 5.02 Å². The fourth-order valence-electron chi connectivity index (χ4n) is 1.06. The van der Waals surface area contributed by atoms with Gasteiger partial charge in [0.15, 0.2) is 0 Å². The summed E-state index contributed by atoms with van der Waals surface area (Å²) in [6, 6.07) is 4.27. The van der Waals surface area contributed by atoms with Crippen LogP contribution in [0.25, 0.3) is 0 Å². The van der Waals surface area contributed by atoms with E-state index in [1.165, 1.54) is 18.2 Å². The molecule has 1 atom stereocenters. The van der Waals surface area contributed by atoms with E-state index >= 15 is 0 Å². The monoisotopic (exact) mass is 229 g/mol. The lowest BCUT2D eigenvalue weighted by molar-refractivity contribution is -0.384. The van der Waals surface area contributed by atoms with Crippen molar-refractivity contribution < 1.29 is 4.92 Å². The minimum absolute atomic E-state index is 0.00567. The maximum Gasteiger partial charge on any atom is 0.271 e. The van der Waals surface area contributed by atoms with Gasteiger partial charge in [0.1, 0.15) is 0 Å². The predicted octanol–water partition coefficient (Wildman–Crippen LogP) is 2.01. The predicted molar refractivity (Wildman–Crippen MR) is 60.2 cm³/mol. The number of benzene rings is 1. The van der Waals surface area contributed by atoms with Gasteiger partial charge < -0.3 is 11.1 Å². The molecule has 0 saturated carbocycles. The number of nitrogens with zero attached hydrogens (tertiary/aromatic N) is 1. The molecule has 0 spiro atoms. The van der Waals surface area contributed by atoms with Gasteiger partial charge in [-0.25, -0.2) is 0 Å². The minimum atomic E-state index is -0.464. The maximum atomic E-state index is 10.5. The zero-order valence-corrected chi connectivity index (χ0v) is 8.99. The highest BCUT2D eigenvalue weighted by atomic mass is 35.5. The largest absolute Gasteiger partial charge is 0.380 e. The molecule has 5 nitrogen and oxygen atoms in total. The Balaban J connectivity index is 2.95. The van der Waals surface area contributed by atoms with E-state index in [0.717, 1.165) is 0 Å². The first kappa shape index (κ1) is 11.7. The molecule has 1 rings (SSSR count). The molecule has 6 heteroatoms. The Morgan fingerprint density at radius 2 is 2.33 bits per heavy atom. The molecule has 0 heterocycles. The molecule has 1 aromatic carbocycles. The Hall–Kier alpha value is -1.33. The third-order valence-electron chi connectivity index (χ3n) is 1.92. The average Bonchev–Trinajstić information content (AvgIpc) is 2.20. The molecule has 1 unspecified atom stereocenters. The molecule has 0 radical (unpaired) electrons. The van der Waals surface area contributed by atoms with Crippen LogP contribution in [0.1, 0.15) is 6.92 Å². The van der Waals surface area contributed by atoms with Gasteiger partial charge in [-0.2, -0.15) is 0 Å². The topological polar surface area (TPSA) is 81.2 Å².